The molecule has 0 radical (unpaired) electrons. The zero-order valence-corrected chi connectivity index (χ0v) is 17.2. The average molecular weight is 445 g/mol. The van der Waals surface area contributed by atoms with E-state index in [-0.39, 0.29) is 12.8 Å². The Hall–Kier alpha value is -3.25. The highest BCUT2D eigenvalue weighted by Gasteiger charge is 2.29. The number of carbonyl (C=O) groups excluding carboxylic acids is 1. The van der Waals surface area contributed by atoms with Gasteiger partial charge < -0.3 is 25.5 Å². The maximum Gasteiger partial charge on any atom is 0.326 e. The fraction of sp³-hybridized carbons (Fsp3) is 0.667. The number of hydrogen-bond acceptors (Lipinski definition) is 6. The molecule has 12 nitrogen and oxygen atoms in total. The third kappa shape index (κ3) is 9.40. The summed E-state index contributed by atoms with van der Waals surface area (Å²) in [6.45, 7) is 0.0401. The van der Waals surface area contributed by atoms with Crippen molar-refractivity contribution >= 4 is 23.9 Å². The van der Waals surface area contributed by atoms with E-state index < -0.39 is 49.1 Å². The van der Waals surface area contributed by atoms with Crippen LogP contribution in [0, 0.1) is 0 Å². The van der Waals surface area contributed by atoms with E-state index in [2.05, 4.69) is 15.6 Å². The van der Waals surface area contributed by atoms with E-state index in [1.807, 2.05) is 0 Å². The molecule has 174 valence electrons. The van der Waals surface area contributed by atoms with Crippen LogP contribution in [0.5, 0.6) is 0 Å². The standard InChI is InChI=1S/C18H28FN5O7/c1-23(18(31)20-13(16(27)28)7-8-15(25)26)14(17(29)30)6-2-3-10-24-11-12(21-22-24)5-4-9-19/h11,13-14H,2-10H2,1H3,(H,20,31)(H,25,26)(H,27,28)(H,29,30). The summed E-state index contributed by atoms with van der Waals surface area (Å²) in [6, 6.07) is -3.55. The summed E-state index contributed by atoms with van der Waals surface area (Å²) in [5.74, 6) is -3.86. The number of halogens is 1. The van der Waals surface area contributed by atoms with Gasteiger partial charge in [0.25, 0.3) is 0 Å². The first-order valence-corrected chi connectivity index (χ1v) is 9.81. The molecule has 1 rings (SSSR count). The number of urea groups is 1. The minimum absolute atomic E-state index is 0.121. The van der Waals surface area contributed by atoms with E-state index in [0.717, 1.165) is 4.90 Å². The zero-order valence-electron chi connectivity index (χ0n) is 17.2. The Balaban J connectivity index is 2.54. The van der Waals surface area contributed by atoms with Crippen molar-refractivity contribution in [1.82, 2.24) is 25.2 Å². The number of nitrogens with one attached hydrogen (secondary N) is 1. The smallest absolute Gasteiger partial charge is 0.326 e. The normalized spacial score (nSPS) is 12.7. The Labute approximate surface area is 178 Å². The van der Waals surface area contributed by atoms with Gasteiger partial charge in [-0.2, -0.15) is 0 Å². The molecule has 1 aromatic rings. The Morgan fingerprint density at radius 2 is 1.84 bits per heavy atom. The van der Waals surface area contributed by atoms with Crippen LogP contribution in [0.2, 0.25) is 0 Å². The summed E-state index contributed by atoms with van der Waals surface area (Å²) in [5, 5.41) is 37.2. The second kappa shape index (κ2) is 13.1. The van der Waals surface area contributed by atoms with Crippen molar-refractivity contribution in [3.05, 3.63) is 11.9 Å². The largest absolute Gasteiger partial charge is 0.481 e. The van der Waals surface area contributed by atoms with Gasteiger partial charge in [0.2, 0.25) is 0 Å². The fourth-order valence-corrected chi connectivity index (χ4v) is 2.82. The molecule has 0 fully saturated rings. The summed E-state index contributed by atoms with van der Waals surface area (Å²) < 4.78 is 13.8. The van der Waals surface area contributed by atoms with Crippen LogP contribution in [0.1, 0.15) is 44.2 Å². The number of aryl methyl sites for hydroxylation is 2. The van der Waals surface area contributed by atoms with Crippen molar-refractivity contribution in [1.29, 1.82) is 0 Å². The van der Waals surface area contributed by atoms with Crippen molar-refractivity contribution in [2.45, 2.75) is 63.6 Å². The van der Waals surface area contributed by atoms with E-state index >= 15 is 0 Å². The van der Waals surface area contributed by atoms with Crippen LogP contribution in [0.15, 0.2) is 6.20 Å². The Kier molecular flexibility index (Phi) is 10.9. The summed E-state index contributed by atoms with van der Waals surface area (Å²) in [5.41, 5.74) is 0.674. The Bertz CT molecular complexity index is 757. The number of carbonyl (C=O) groups is 4. The maximum absolute atomic E-state index is 12.3. The lowest BCUT2D eigenvalue weighted by Crippen LogP contribution is -2.52. The summed E-state index contributed by atoms with van der Waals surface area (Å²) in [7, 11) is 1.23. The summed E-state index contributed by atoms with van der Waals surface area (Å²) >= 11 is 0. The topological polar surface area (TPSA) is 175 Å². The monoisotopic (exact) mass is 445 g/mol. The Morgan fingerprint density at radius 3 is 2.42 bits per heavy atom. The van der Waals surface area contributed by atoms with Gasteiger partial charge in [0.15, 0.2) is 0 Å². The van der Waals surface area contributed by atoms with Crippen LogP contribution in [0.3, 0.4) is 0 Å². The number of nitrogens with zero attached hydrogens (tertiary/aromatic N) is 4. The molecule has 0 aliphatic heterocycles. The predicted octanol–water partition coefficient (Wildman–Crippen LogP) is 0.763. The molecule has 1 heterocycles. The minimum atomic E-state index is -1.44. The van der Waals surface area contributed by atoms with Crippen molar-refractivity contribution < 1.29 is 38.9 Å². The predicted molar refractivity (Wildman–Crippen MR) is 104 cm³/mol. The van der Waals surface area contributed by atoms with E-state index in [4.69, 9.17) is 10.2 Å². The minimum Gasteiger partial charge on any atom is -0.481 e. The van der Waals surface area contributed by atoms with Crippen LogP contribution < -0.4 is 5.32 Å². The highest BCUT2D eigenvalue weighted by molar-refractivity contribution is 5.86. The SMILES string of the molecule is CN(C(=O)NC(CCC(=O)O)C(=O)O)C(CCCCn1cc(CCCF)nn1)C(=O)O. The molecular weight excluding hydrogens is 417 g/mol. The van der Waals surface area contributed by atoms with Crippen LogP contribution in [0.25, 0.3) is 0 Å². The molecule has 13 heteroatoms. The van der Waals surface area contributed by atoms with Gasteiger partial charge in [-0.15, -0.1) is 5.10 Å². The maximum atomic E-state index is 12.3. The molecule has 1 aromatic heterocycles. The van der Waals surface area contributed by atoms with Crippen molar-refractivity contribution in [2.24, 2.45) is 0 Å². The molecule has 2 amide bonds. The molecule has 4 N–H and O–H groups in total. The van der Waals surface area contributed by atoms with Gasteiger partial charge in [-0.25, -0.2) is 14.4 Å². The number of likely N-dealkylation sites (N-methyl/N-ethyl adjacent to an activating group) is 1. The van der Waals surface area contributed by atoms with Gasteiger partial charge in [-0.3, -0.25) is 13.9 Å². The molecule has 2 unspecified atom stereocenters. The molecular formula is C18H28FN5O7. The number of unbranched alkanes of at least 4 members (excludes halogenated alkanes) is 1. The highest BCUT2D eigenvalue weighted by atomic mass is 19.1. The number of rotatable bonds is 15. The molecule has 0 saturated heterocycles. The highest BCUT2D eigenvalue weighted by Crippen LogP contribution is 2.11. The first-order valence-electron chi connectivity index (χ1n) is 9.81. The zero-order chi connectivity index (χ0) is 23.4. The molecule has 0 bridgehead atoms. The van der Waals surface area contributed by atoms with E-state index in [1.54, 1.807) is 10.9 Å². The second-order valence-electron chi connectivity index (χ2n) is 7.00. The second-order valence-corrected chi connectivity index (χ2v) is 7.00. The first kappa shape index (κ1) is 25.8. The van der Waals surface area contributed by atoms with Crippen molar-refractivity contribution in [3.63, 3.8) is 0 Å². The number of amides is 2. The van der Waals surface area contributed by atoms with Gasteiger partial charge >= 0.3 is 23.9 Å². The number of carboxylic acid groups (broad SMARTS) is 3. The molecule has 0 aromatic carbocycles. The van der Waals surface area contributed by atoms with Crippen LogP contribution in [0.4, 0.5) is 9.18 Å². The Morgan fingerprint density at radius 1 is 1.13 bits per heavy atom. The van der Waals surface area contributed by atoms with Gasteiger partial charge in [-0.05, 0) is 38.5 Å². The molecule has 2 atom stereocenters. The summed E-state index contributed by atoms with van der Waals surface area (Å²) in [4.78, 5) is 46.6. The average Bonchev–Trinajstić information content (AvgIpc) is 3.15. The van der Waals surface area contributed by atoms with E-state index in [1.165, 1.54) is 7.05 Å². The third-order valence-electron chi connectivity index (χ3n) is 4.58. The quantitative estimate of drug-likeness (QED) is 0.284. The lowest BCUT2D eigenvalue weighted by atomic mass is 10.1. The molecule has 0 aliphatic carbocycles. The number of aromatic nitrogens is 3. The van der Waals surface area contributed by atoms with Gasteiger partial charge in [0.05, 0.1) is 12.4 Å². The van der Waals surface area contributed by atoms with Crippen LogP contribution in [-0.4, -0.2) is 85.0 Å². The lowest BCUT2D eigenvalue weighted by molar-refractivity contribution is -0.142. The number of hydrogen-bond donors (Lipinski definition) is 4. The third-order valence-corrected chi connectivity index (χ3v) is 4.58. The lowest BCUT2D eigenvalue weighted by Gasteiger charge is -2.26. The number of alkyl halides is 1. The fourth-order valence-electron chi connectivity index (χ4n) is 2.82. The molecule has 31 heavy (non-hydrogen) atoms. The molecule has 0 aliphatic rings. The van der Waals surface area contributed by atoms with Crippen LogP contribution >= 0.6 is 0 Å². The van der Waals surface area contributed by atoms with Gasteiger partial charge in [0, 0.05) is 26.2 Å². The van der Waals surface area contributed by atoms with E-state index in [9.17, 15) is 28.7 Å². The summed E-state index contributed by atoms with van der Waals surface area (Å²) in [6.07, 6.45) is 2.89. The van der Waals surface area contributed by atoms with Crippen molar-refractivity contribution in [2.75, 3.05) is 13.7 Å². The van der Waals surface area contributed by atoms with Gasteiger partial charge in [-0.1, -0.05) is 5.21 Å². The molecule has 0 spiro atoms. The first-order chi connectivity index (χ1) is 14.6. The number of carboxylic acids is 3. The molecule has 0 saturated carbocycles. The number of aliphatic carboxylic acids is 3. The van der Waals surface area contributed by atoms with E-state index in [0.29, 0.717) is 37.9 Å². The van der Waals surface area contributed by atoms with Gasteiger partial charge in [0.1, 0.15) is 12.1 Å². The van der Waals surface area contributed by atoms with Crippen LogP contribution in [-0.2, 0) is 27.3 Å². The van der Waals surface area contributed by atoms with Crippen molar-refractivity contribution in [3.8, 4) is 0 Å².